The molecule has 1 saturated carbocycles. The van der Waals surface area contributed by atoms with Gasteiger partial charge in [0.15, 0.2) is 0 Å². The van der Waals surface area contributed by atoms with Crippen LogP contribution in [0.15, 0.2) is 18.2 Å². The molecule has 1 aliphatic rings. The molecule has 1 fully saturated rings. The minimum atomic E-state index is -0.332. The molecule has 1 aliphatic carbocycles. The van der Waals surface area contributed by atoms with Crippen molar-refractivity contribution in [3.63, 3.8) is 0 Å². The highest BCUT2D eigenvalue weighted by molar-refractivity contribution is 6.31. The van der Waals surface area contributed by atoms with Crippen LogP contribution in [0.2, 0.25) is 5.02 Å². The fraction of sp³-hybridized carbons (Fsp3) is 0.647. The van der Waals surface area contributed by atoms with E-state index in [1.807, 2.05) is 6.07 Å². The molecular formula is C17H25ClFN. The average molecular weight is 298 g/mol. The van der Waals surface area contributed by atoms with Crippen LogP contribution >= 0.6 is 11.6 Å². The van der Waals surface area contributed by atoms with Crippen molar-refractivity contribution in [3.05, 3.63) is 34.6 Å². The van der Waals surface area contributed by atoms with Gasteiger partial charge in [0.25, 0.3) is 0 Å². The summed E-state index contributed by atoms with van der Waals surface area (Å²) in [4.78, 5) is 0. The monoisotopic (exact) mass is 297 g/mol. The first-order valence-electron chi connectivity index (χ1n) is 7.47. The number of nitrogens with two attached hydrogens (primary N) is 1. The average Bonchev–Trinajstić information content (AvgIpc) is 2.36. The smallest absolute Gasteiger partial charge is 0.142 e. The van der Waals surface area contributed by atoms with Gasteiger partial charge in [0, 0.05) is 6.04 Å². The quantitative estimate of drug-likeness (QED) is 0.833. The van der Waals surface area contributed by atoms with Gasteiger partial charge < -0.3 is 5.73 Å². The van der Waals surface area contributed by atoms with Gasteiger partial charge in [-0.25, -0.2) is 4.39 Å². The third-order valence-electron chi connectivity index (χ3n) is 4.78. The summed E-state index contributed by atoms with van der Waals surface area (Å²) in [5.41, 5.74) is 7.48. The van der Waals surface area contributed by atoms with Crippen molar-refractivity contribution in [2.75, 3.05) is 0 Å². The van der Waals surface area contributed by atoms with Gasteiger partial charge >= 0.3 is 0 Å². The molecule has 0 radical (unpaired) electrons. The molecule has 2 rings (SSSR count). The lowest BCUT2D eigenvalue weighted by Gasteiger charge is -2.41. The first-order chi connectivity index (χ1) is 9.29. The predicted molar refractivity (Wildman–Crippen MR) is 83.4 cm³/mol. The molecule has 3 heteroatoms. The van der Waals surface area contributed by atoms with Crippen LogP contribution in [0.5, 0.6) is 0 Å². The van der Waals surface area contributed by atoms with Gasteiger partial charge in [-0.05, 0) is 54.6 Å². The Morgan fingerprint density at radius 1 is 1.30 bits per heavy atom. The van der Waals surface area contributed by atoms with Crippen LogP contribution in [0.1, 0.15) is 45.6 Å². The first kappa shape index (κ1) is 15.8. The van der Waals surface area contributed by atoms with E-state index in [1.165, 1.54) is 12.5 Å². The number of halogens is 2. The van der Waals surface area contributed by atoms with Gasteiger partial charge in [0.1, 0.15) is 5.82 Å². The van der Waals surface area contributed by atoms with Crippen LogP contribution in [-0.2, 0) is 6.42 Å². The molecule has 0 aromatic heterocycles. The minimum Gasteiger partial charge on any atom is -0.327 e. The van der Waals surface area contributed by atoms with E-state index in [-0.39, 0.29) is 16.9 Å². The third-order valence-corrected chi connectivity index (χ3v) is 5.20. The van der Waals surface area contributed by atoms with Crippen molar-refractivity contribution in [1.29, 1.82) is 0 Å². The molecule has 0 saturated heterocycles. The molecule has 3 atom stereocenters. The van der Waals surface area contributed by atoms with E-state index in [1.54, 1.807) is 6.07 Å². The predicted octanol–water partition coefficient (Wildman–Crippen LogP) is 4.81. The topological polar surface area (TPSA) is 26.0 Å². The van der Waals surface area contributed by atoms with Crippen molar-refractivity contribution < 1.29 is 4.39 Å². The van der Waals surface area contributed by atoms with Crippen LogP contribution in [0, 0.1) is 23.1 Å². The van der Waals surface area contributed by atoms with E-state index in [0.717, 1.165) is 24.8 Å². The molecule has 0 spiro atoms. The first-order valence-corrected chi connectivity index (χ1v) is 7.85. The maximum absolute atomic E-state index is 13.5. The third kappa shape index (κ3) is 3.53. The highest BCUT2D eigenvalue weighted by atomic mass is 35.5. The lowest BCUT2D eigenvalue weighted by atomic mass is 9.66. The van der Waals surface area contributed by atoms with E-state index in [0.29, 0.717) is 17.3 Å². The molecule has 1 aromatic rings. The van der Waals surface area contributed by atoms with E-state index in [9.17, 15) is 4.39 Å². The zero-order valence-corrected chi connectivity index (χ0v) is 13.4. The van der Waals surface area contributed by atoms with E-state index >= 15 is 0 Å². The Hall–Kier alpha value is -0.600. The number of hydrogen-bond donors (Lipinski definition) is 1. The summed E-state index contributed by atoms with van der Waals surface area (Å²) in [5.74, 6) is 0.743. The Morgan fingerprint density at radius 3 is 2.65 bits per heavy atom. The highest BCUT2D eigenvalue weighted by Crippen LogP contribution is 2.41. The van der Waals surface area contributed by atoms with Crippen LogP contribution in [0.25, 0.3) is 0 Å². The Labute approximate surface area is 126 Å². The second-order valence-electron chi connectivity index (χ2n) is 7.22. The molecule has 1 nitrogen and oxygen atoms in total. The lowest BCUT2D eigenvalue weighted by Crippen LogP contribution is -2.40. The molecule has 0 amide bonds. The maximum atomic E-state index is 13.5. The molecule has 0 aliphatic heterocycles. The molecular weight excluding hydrogens is 273 g/mol. The molecule has 112 valence electrons. The Kier molecular flexibility index (Phi) is 4.76. The highest BCUT2D eigenvalue weighted by Gasteiger charge is 2.34. The molecule has 20 heavy (non-hydrogen) atoms. The van der Waals surface area contributed by atoms with Crippen LogP contribution in [-0.4, -0.2) is 6.04 Å². The van der Waals surface area contributed by atoms with Gasteiger partial charge in [-0.3, -0.25) is 0 Å². The molecule has 0 bridgehead atoms. The normalized spacial score (nSPS) is 27.6. The zero-order chi connectivity index (χ0) is 14.9. The standard InChI is InChI=1S/C17H25ClFN/c1-17(2,3)13-7-8-15(20)12(10-13)9-11-5-4-6-14(19)16(11)18/h4-6,12-13,15H,7-10,20H2,1-3H3. The van der Waals surface area contributed by atoms with Crippen molar-refractivity contribution in [2.45, 2.75) is 52.5 Å². The molecule has 0 heterocycles. The second kappa shape index (κ2) is 6.03. The fourth-order valence-corrected chi connectivity index (χ4v) is 3.50. The summed E-state index contributed by atoms with van der Waals surface area (Å²) in [6.07, 6.45) is 4.14. The SMILES string of the molecule is CC(C)(C)C1CCC(N)C(Cc2cccc(F)c2Cl)C1. The summed E-state index contributed by atoms with van der Waals surface area (Å²) >= 11 is 6.07. The van der Waals surface area contributed by atoms with Gasteiger partial charge in [-0.15, -0.1) is 0 Å². The van der Waals surface area contributed by atoms with Crippen LogP contribution < -0.4 is 5.73 Å². The van der Waals surface area contributed by atoms with Gasteiger partial charge in [-0.1, -0.05) is 44.5 Å². The number of rotatable bonds is 2. The lowest BCUT2D eigenvalue weighted by molar-refractivity contribution is 0.126. The summed E-state index contributed by atoms with van der Waals surface area (Å²) in [6.45, 7) is 6.88. The minimum absolute atomic E-state index is 0.202. The van der Waals surface area contributed by atoms with Crippen molar-refractivity contribution in [2.24, 2.45) is 23.0 Å². The van der Waals surface area contributed by atoms with Crippen molar-refractivity contribution in [1.82, 2.24) is 0 Å². The van der Waals surface area contributed by atoms with Gasteiger partial charge in [0.05, 0.1) is 5.02 Å². The van der Waals surface area contributed by atoms with Crippen molar-refractivity contribution in [3.8, 4) is 0 Å². The van der Waals surface area contributed by atoms with Crippen LogP contribution in [0.4, 0.5) is 4.39 Å². The maximum Gasteiger partial charge on any atom is 0.142 e. The van der Waals surface area contributed by atoms with E-state index in [4.69, 9.17) is 17.3 Å². The summed E-state index contributed by atoms with van der Waals surface area (Å²) < 4.78 is 13.5. The Bertz CT molecular complexity index is 467. The van der Waals surface area contributed by atoms with E-state index < -0.39 is 0 Å². The largest absolute Gasteiger partial charge is 0.327 e. The number of hydrogen-bond acceptors (Lipinski definition) is 1. The molecule has 2 N–H and O–H groups in total. The Balaban J connectivity index is 2.12. The van der Waals surface area contributed by atoms with E-state index in [2.05, 4.69) is 20.8 Å². The summed E-state index contributed by atoms with van der Waals surface area (Å²) in [5, 5.41) is 0.262. The van der Waals surface area contributed by atoms with Gasteiger partial charge in [0.2, 0.25) is 0 Å². The zero-order valence-electron chi connectivity index (χ0n) is 12.6. The Morgan fingerprint density at radius 2 is 2.00 bits per heavy atom. The van der Waals surface area contributed by atoms with Crippen molar-refractivity contribution >= 4 is 11.6 Å². The number of benzene rings is 1. The summed E-state index contributed by atoms with van der Waals surface area (Å²) in [7, 11) is 0. The second-order valence-corrected chi connectivity index (χ2v) is 7.59. The fourth-order valence-electron chi connectivity index (χ4n) is 3.30. The molecule has 3 unspecified atom stereocenters. The molecule has 1 aromatic carbocycles. The summed E-state index contributed by atoms with van der Waals surface area (Å²) in [6, 6.07) is 5.25. The van der Waals surface area contributed by atoms with Crippen LogP contribution in [0.3, 0.4) is 0 Å². The van der Waals surface area contributed by atoms with Gasteiger partial charge in [-0.2, -0.15) is 0 Å².